The minimum Gasteiger partial charge on any atom is -0.337 e. The van der Waals surface area contributed by atoms with Gasteiger partial charge in [0.15, 0.2) is 0 Å². The first kappa shape index (κ1) is 11.7. The van der Waals surface area contributed by atoms with Crippen molar-refractivity contribution in [3.63, 3.8) is 0 Å². The molecule has 2 aliphatic heterocycles. The van der Waals surface area contributed by atoms with Crippen LogP contribution in [0.1, 0.15) is 23.2 Å². The Morgan fingerprint density at radius 3 is 2.39 bits per heavy atom. The van der Waals surface area contributed by atoms with Crippen molar-refractivity contribution in [2.45, 2.75) is 12.8 Å². The highest BCUT2D eigenvalue weighted by Gasteiger charge is 2.45. The van der Waals surface area contributed by atoms with Gasteiger partial charge in [-0.2, -0.15) is 0 Å². The predicted molar refractivity (Wildman–Crippen MR) is 66.8 cm³/mol. The molecule has 0 aliphatic carbocycles. The summed E-state index contributed by atoms with van der Waals surface area (Å²) in [6, 6.07) is 5.80. The highest BCUT2D eigenvalue weighted by Crippen LogP contribution is 2.39. The molecule has 4 heteroatoms. The zero-order chi connectivity index (χ0) is 12.6. The van der Waals surface area contributed by atoms with Gasteiger partial charge in [0.2, 0.25) is 0 Å². The highest BCUT2D eigenvalue weighted by molar-refractivity contribution is 5.94. The normalized spacial score (nSPS) is 21.7. The third-order valence-electron chi connectivity index (χ3n) is 4.10. The molecule has 0 aromatic heterocycles. The van der Waals surface area contributed by atoms with Gasteiger partial charge in [-0.25, -0.2) is 4.39 Å². The quantitative estimate of drug-likeness (QED) is 0.819. The van der Waals surface area contributed by atoms with Crippen LogP contribution >= 0.6 is 0 Å². The van der Waals surface area contributed by atoms with Gasteiger partial charge >= 0.3 is 0 Å². The Balaban J connectivity index is 1.64. The summed E-state index contributed by atoms with van der Waals surface area (Å²) >= 11 is 0. The maximum atomic E-state index is 12.8. The summed E-state index contributed by atoms with van der Waals surface area (Å²) in [6.07, 6.45) is 2.31. The second-order valence-corrected chi connectivity index (χ2v) is 5.42. The Hall–Kier alpha value is -1.42. The number of hydrogen-bond acceptors (Lipinski definition) is 2. The molecule has 2 heterocycles. The molecule has 96 valence electrons. The number of halogens is 1. The van der Waals surface area contributed by atoms with Crippen molar-refractivity contribution in [2.75, 3.05) is 26.2 Å². The predicted octanol–water partition coefficient (Wildman–Crippen LogP) is 1.65. The fourth-order valence-electron chi connectivity index (χ4n) is 2.96. The second kappa shape index (κ2) is 4.35. The fraction of sp³-hybridized carbons (Fsp3) is 0.500. The highest BCUT2D eigenvalue weighted by atomic mass is 19.1. The van der Waals surface area contributed by atoms with Gasteiger partial charge < -0.3 is 10.2 Å². The first-order valence-electron chi connectivity index (χ1n) is 6.44. The third-order valence-corrected chi connectivity index (χ3v) is 4.10. The van der Waals surface area contributed by atoms with Gasteiger partial charge in [-0.3, -0.25) is 4.79 Å². The van der Waals surface area contributed by atoms with E-state index in [1.54, 1.807) is 12.1 Å². The van der Waals surface area contributed by atoms with Crippen LogP contribution in [0.4, 0.5) is 4.39 Å². The Morgan fingerprint density at radius 1 is 1.17 bits per heavy atom. The van der Waals surface area contributed by atoms with Gasteiger partial charge in [0.05, 0.1) is 0 Å². The summed E-state index contributed by atoms with van der Waals surface area (Å²) in [6.45, 7) is 3.81. The summed E-state index contributed by atoms with van der Waals surface area (Å²) in [5, 5.41) is 3.34. The van der Waals surface area contributed by atoms with Crippen LogP contribution in [0, 0.1) is 11.2 Å². The Bertz CT molecular complexity index is 443. The van der Waals surface area contributed by atoms with Gasteiger partial charge in [-0.1, -0.05) is 0 Å². The lowest BCUT2D eigenvalue weighted by molar-refractivity contribution is -0.0113. The maximum Gasteiger partial charge on any atom is 0.253 e. The first-order chi connectivity index (χ1) is 8.69. The van der Waals surface area contributed by atoms with Gasteiger partial charge in [-0.15, -0.1) is 0 Å². The molecule has 0 bridgehead atoms. The van der Waals surface area contributed by atoms with Crippen molar-refractivity contribution in [1.29, 1.82) is 0 Å². The molecule has 0 saturated carbocycles. The number of carbonyl (C=O) groups is 1. The van der Waals surface area contributed by atoms with Crippen LogP contribution in [-0.2, 0) is 0 Å². The van der Waals surface area contributed by atoms with E-state index in [1.807, 2.05) is 4.90 Å². The van der Waals surface area contributed by atoms with E-state index in [0.717, 1.165) is 39.0 Å². The zero-order valence-electron chi connectivity index (χ0n) is 10.3. The van der Waals surface area contributed by atoms with Crippen LogP contribution in [0.2, 0.25) is 0 Å². The van der Waals surface area contributed by atoms with E-state index < -0.39 is 0 Å². The van der Waals surface area contributed by atoms with Crippen molar-refractivity contribution in [1.82, 2.24) is 10.2 Å². The molecule has 2 fully saturated rings. The van der Waals surface area contributed by atoms with Crippen LogP contribution in [-0.4, -0.2) is 37.0 Å². The summed E-state index contributed by atoms with van der Waals surface area (Å²) in [5.41, 5.74) is 0.932. The van der Waals surface area contributed by atoms with Crippen molar-refractivity contribution in [2.24, 2.45) is 5.41 Å². The lowest BCUT2D eigenvalue weighted by Gasteiger charge is -2.52. The number of nitrogens with zero attached hydrogens (tertiary/aromatic N) is 1. The number of piperidine rings is 1. The minimum absolute atomic E-state index is 0.0270. The van der Waals surface area contributed by atoms with Crippen molar-refractivity contribution < 1.29 is 9.18 Å². The molecule has 0 radical (unpaired) electrons. The van der Waals surface area contributed by atoms with Crippen LogP contribution < -0.4 is 5.32 Å². The largest absolute Gasteiger partial charge is 0.337 e. The first-order valence-corrected chi connectivity index (χ1v) is 6.44. The smallest absolute Gasteiger partial charge is 0.253 e. The number of nitrogens with one attached hydrogen (secondary N) is 1. The molecule has 1 aromatic carbocycles. The third kappa shape index (κ3) is 2.01. The van der Waals surface area contributed by atoms with Crippen LogP contribution in [0.15, 0.2) is 24.3 Å². The molecule has 1 N–H and O–H groups in total. The van der Waals surface area contributed by atoms with Crippen molar-refractivity contribution in [3.8, 4) is 0 Å². The topological polar surface area (TPSA) is 32.3 Å². The fourth-order valence-corrected chi connectivity index (χ4v) is 2.96. The Morgan fingerprint density at radius 2 is 1.78 bits per heavy atom. The number of rotatable bonds is 1. The molecule has 2 aliphatic rings. The van der Waals surface area contributed by atoms with Gasteiger partial charge in [0.25, 0.3) is 5.91 Å². The molecule has 0 unspecified atom stereocenters. The van der Waals surface area contributed by atoms with E-state index in [0.29, 0.717) is 11.0 Å². The van der Waals surface area contributed by atoms with Crippen molar-refractivity contribution in [3.05, 3.63) is 35.6 Å². The molecule has 0 atom stereocenters. The Labute approximate surface area is 106 Å². The van der Waals surface area contributed by atoms with Gasteiger partial charge in [0, 0.05) is 24.1 Å². The molecule has 1 amide bonds. The lowest BCUT2D eigenvalue weighted by atomic mass is 9.72. The molecule has 1 aromatic rings. The second-order valence-electron chi connectivity index (χ2n) is 5.42. The van der Waals surface area contributed by atoms with Crippen LogP contribution in [0.5, 0.6) is 0 Å². The number of likely N-dealkylation sites (tertiary alicyclic amines) is 1. The van der Waals surface area contributed by atoms with E-state index in [-0.39, 0.29) is 11.7 Å². The standard InChI is InChI=1S/C14H17FN2O/c15-12-3-1-11(2-4-12)13(18)17-9-14(10-17)5-7-16-8-6-14/h1-4,16H,5-10H2. The van der Waals surface area contributed by atoms with Gasteiger partial charge in [-0.05, 0) is 50.2 Å². The lowest BCUT2D eigenvalue weighted by Crippen LogP contribution is -2.61. The van der Waals surface area contributed by atoms with E-state index in [4.69, 9.17) is 0 Å². The summed E-state index contributed by atoms with van der Waals surface area (Å²) in [5.74, 6) is -0.274. The summed E-state index contributed by atoms with van der Waals surface area (Å²) in [7, 11) is 0. The molecular formula is C14H17FN2O. The Kier molecular flexibility index (Phi) is 2.82. The van der Waals surface area contributed by atoms with E-state index in [1.165, 1.54) is 12.1 Å². The van der Waals surface area contributed by atoms with E-state index >= 15 is 0 Å². The van der Waals surface area contributed by atoms with Gasteiger partial charge in [0.1, 0.15) is 5.82 Å². The van der Waals surface area contributed by atoms with Crippen LogP contribution in [0.25, 0.3) is 0 Å². The summed E-state index contributed by atoms with van der Waals surface area (Å²) in [4.78, 5) is 14.0. The molecule has 1 spiro atoms. The zero-order valence-corrected chi connectivity index (χ0v) is 10.3. The number of hydrogen-bond donors (Lipinski definition) is 1. The number of benzene rings is 1. The average Bonchev–Trinajstić information content (AvgIpc) is 2.37. The van der Waals surface area contributed by atoms with Crippen molar-refractivity contribution >= 4 is 5.91 Å². The minimum atomic E-state index is -0.301. The molecular weight excluding hydrogens is 231 g/mol. The molecule has 3 nitrogen and oxygen atoms in total. The SMILES string of the molecule is O=C(c1ccc(F)cc1)N1CC2(CCNCC2)C1. The summed E-state index contributed by atoms with van der Waals surface area (Å²) < 4.78 is 12.8. The average molecular weight is 248 g/mol. The van der Waals surface area contributed by atoms with E-state index in [9.17, 15) is 9.18 Å². The molecule has 2 saturated heterocycles. The molecule has 18 heavy (non-hydrogen) atoms. The number of carbonyl (C=O) groups excluding carboxylic acids is 1. The van der Waals surface area contributed by atoms with E-state index in [2.05, 4.69) is 5.32 Å². The number of amides is 1. The van der Waals surface area contributed by atoms with Crippen LogP contribution in [0.3, 0.4) is 0 Å². The molecule has 3 rings (SSSR count). The maximum absolute atomic E-state index is 12.8. The monoisotopic (exact) mass is 248 g/mol.